The van der Waals surface area contributed by atoms with Gasteiger partial charge in [-0.05, 0) is 68.8 Å². The van der Waals surface area contributed by atoms with E-state index in [1.54, 1.807) is 0 Å². The lowest BCUT2D eigenvalue weighted by molar-refractivity contribution is 0.473. The lowest BCUT2D eigenvalue weighted by Gasteiger charge is -2.47. The molecule has 0 amide bonds. The molecule has 1 aliphatic carbocycles. The third-order valence-corrected chi connectivity index (χ3v) is 11.7. The van der Waals surface area contributed by atoms with Crippen LogP contribution in [0.15, 0.2) is 194 Å². The highest BCUT2D eigenvalue weighted by atomic mass is 16.5. The van der Waals surface area contributed by atoms with Crippen LogP contribution in [0.3, 0.4) is 0 Å². The molecule has 57 heavy (non-hydrogen) atoms. The number of hydrogen-bond acceptors (Lipinski definition) is 5. The van der Waals surface area contributed by atoms with Crippen LogP contribution in [0.5, 0.6) is 11.5 Å². The summed E-state index contributed by atoms with van der Waals surface area (Å²) in [6, 6.07) is 68.5. The zero-order chi connectivity index (χ0) is 37.5. The van der Waals surface area contributed by atoms with Crippen molar-refractivity contribution in [2.75, 3.05) is 4.90 Å². The minimum atomic E-state index is -0.612. The molecule has 0 saturated carbocycles. The van der Waals surface area contributed by atoms with Crippen molar-refractivity contribution in [1.82, 2.24) is 15.0 Å². The zero-order valence-electron chi connectivity index (χ0n) is 30.7. The predicted octanol–water partition coefficient (Wildman–Crippen LogP) is 12.8. The number of para-hydroxylation sites is 4. The van der Waals surface area contributed by atoms with Gasteiger partial charge in [-0.25, -0.2) is 15.0 Å². The lowest BCUT2D eigenvalue weighted by atomic mass is 9.63. The van der Waals surface area contributed by atoms with Crippen molar-refractivity contribution >= 4 is 17.1 Å². The Hall–Kier alpha value is -7.63. The zero-order valence-corrected chi connectivity index (χ0v) is 30.7. The number of benzene rings is 8. The normalized spacial score (nSPS) is 15.2. The monoisotopic (exact) mass is 728 g/mol. The van der Waals surface area contributed by atoms with Crippen LogP contribution in [-0.4, -0.2) is 15.0 Å². The third kappa shape index (κ3) is 4.54. The van der Waals surface area contributed by atoms with Crippen LogP contribution in [0.4, 0.5) is 17.1 Å². The molecule has 9 aromatic rings. The molecule has 0 radical (unpaired) electrons. The van der Waals surface area contributed by atoms with E-state index in [1.807, 2.05) is 66.7 Å². The van der Waals surface area contributed by atoms with E-state index in [4.69, 9.17) is 19.7 Å². The van der Waals surface area contributed by atoms with Crippen LogP contribution in [0.25, 0.3) is 56.4 Å². The number of fused-ring (bicyclic) bond motifs is 11. The molecule has 12 rings (SSSR count). The Kier molecular flexibility index (Phi) is 6.78. The summed E-state index contributed by atoms with van der Waals surface area (Å²) in [5, 5.41) is 0. The fourth-order valence-corrected chi connectivity index (χ4v) is 9.38. The maximum atomic E-state index is 6.70. The van der Waals surface area contributed by atoms with Gasteiger partial charge in [0.05, 0.1) is 22.5 Å². The van der Waals surface area contributed by atoms with Gasteiger partial charge in [0.1, 0.15) is 0 Å². The van der Waals surface area contributed by atoms with E-state index in [2.05, 4.69) is 132 Å². The summed E-state index contributed by atoms with van der Waals surface area (Å²) in [4.78, 5) is 17.3. The van der Waals surface area contributed by atoms with Crippen LogP contribution in [0.1, 0.15) is 22.3 Å². The summed E-state index contributed by atoms with van der Waals surface area (Å²) in [6.45, 7) is 0. The quantitative estimate of drug-likeness (QED) is 0.181. The summed E-state index contributed by atoms with van der Waals surface area (Å²) in [6.07, 6.45) is 0. The van der Waals surface area contributed by atoms with E-state index in [0.29, 0.717) is 17.5 Å². The molecule has 3 heterocycles. The fraction of sp³-hybridized carbons (Fsp3) is 0.0192. The Morgan fingerprint density at radius 2 is 0.842 bits per heavy atom. The van der Waals surface area contributed by atoms with E-state index in [0.717, 1.165) is 50.8 Å². The third-order valence-electron chi connectivity index (χ3n) is 11.7. The second-order valence-corrected chi connectivity index (χ2v) is 14.7. The fourth-order valence-electron chi connectivity index (χ4n) is 9.38. The van der Waals surface area contributed by atoms with Gasteiger partial charge in [0.25, 0.3) is 0 Å². The molecule has 1 aromatic heterocycles. The minimum absolute atomic E-state index is 0.612. The van der Waals surface area contributed by atoms with Gasteiger partial charge in [0.2, 0.25) is 0 Å². The van der Waals surface area contributed by atoms with Crippen molar-refractivity contribution < 1.29 is 4.74 Å². The number of anilines is 3. The Morgan fingerprint density at radius 1 is 0.351 bits per heavy atom. The van der Waals surface area contributed by atoms with Crippen molar-refractivity contribution in [2.45, 2.75) is 5.41 Å². The Morgan fingerprint density at radius 3 is 1.56 bits per heavy atom. The smallest absolute Gasteiger partial charge is 0.164 e. The Bertz CT molecular complexity index is 2990. The summed E-state index contributed by atoms with van der Waals surface area (Å²) in [7, 11) is 0. The molecule has 266 valence electrons. The van der Waals surface area contributed by atoms with Crippen LogP contribution in [-0.2, 0) is 5.41 Å². The van der Waals surface area contributed by atoms with Gasteiger partial charge in [-0.3, -0.25) is 0 Å². The molecule has 3 aliphatic rings. The second kappa shape index (κ2) is 12.2. The van der Waals surface area contributed by atoms with Crippen molar-refractivity contribution in [1.29, 1.82) is 0 Å². The highest BCUT2D eigenvalue weighted by Gasteiger charge is 2.54. The molecule has 0 fully saturated rings. The van der Waals surface area contributed by atoms with Gasteiger partial charge < -0.3 is 9.64 Å². The van der Waals surface area contributed by atoms with Crippen LogP contribution < -0.4 is 9.64 Å². The van der Waals surface area contributed by atoms with Gasteiger partial charge in [-0.2, -0.15) is 0 Å². The predicted molar refractivity (Wildman–Crippen MR) is 227 cm³/mol. The first-order valence-electron chi connectivity index (χ1n) is 19.3. The Labute approximate surface area is 330 Å². The molecule has 0 N–H and O–H groups in total. The van der Waals surface area contributed by atoms with E-state index in [9.17, 15) is 0 Å². The SMILES string of the molecule is c1ccc(-c2nc(-c3ccccc3)nc(-c3ccc(-c4cccc5c4[C@]4(c6ccccc6-5)c5ccccc5N5c6ccccc6Oc6cccc4c65)cc3)n2)cc1. The minimum Gasteiger partial charge on any atom is -0.453 e. The molecular weight excluding hydrogens is 697 g/mol. The lowest BCUT2D eigenvalue weighted by Crippen LogP contribution is -2.37. The van der Waals surface area contributed by atoms with Crippen molar-refractivity contribution in [3.8, 4) is 67.9 Å². The van der Waals surface area contributed by atoms with Crippen molar-refractivity contribution in [3.63, 3.8) is 0 Å². The van der Waals surface area contributed by atoms with E-state index >= 15 is 0 Å². The number of ether oxygens (including phenoxy) is 1. The van der Waals surface area contributed by atoms with Gasteiger partial charge in [-0.1, -0.05) is 170 Å². The van der Waals surface area contributed by atoms with Gasteiger partial charge in [0.15, 0.2) is 29.0 Å². The largest absolute Gasteiger partial charge is 0.453 e. The summed E-state index contributed by atoms with van der Waals surface area (Å²) in [5.74, 6) is 3.63. The Balaban J connectivity index is 1.07. The first kappa shape index (κ1) is 31.7. The molecule has 0 unspecified atom stereocenters. The molecule has 2 aliphatic heterocycles. The maximum absolute atomic E-state index is 6.70. The van der Waals surface area contributed by atoms with Gasteiger partial charge in [0, 0.05) is 16.7 Å². The number of hydrogen-bond donors (Lipinski definition) is 0. The van der Waals surface area contributed by atoms with Crippen LogP contribution in [0.2, 0.25) is 0 Å². The first-order chi connectivity index (χ1) is 28.3. The summed E-state index contributed by atoms with van der Waals surface area (Å²) in [5.41, 5.74) is 15.3. The average molecular weight is 729 g/mol. The van der Waals surface area contributed by atoms with E-state index in [1.165, 1.54) is 38.9 Å². The van der Waals surface area contributed by atoms with Crippen LogP contribution >= 0.6 is 0 Å². The average Bonchev–Trinajstić information content (AvgIpc) is 3.59. The van der Waals surface area contributed by atoms with Gasteiger partial charge in [-0.15, -0.1) is 0 Å². The van der Waals surface area contributed by atoms with Crippen molar-refractivity contribution in [3.05, 3.63) is 216 Å². The highest BCUT2D eigenvalue weighted by molar-refractivity contribution is 6.01. The molecule has 1 atom stereocenters. The molecule has 8 aromatic carbocycles. The van der Waals surface area contributed by atoms with E-state index in [-0.39, 0.29) is 0 Å². The molecule has 0 saturated heterocycles. The number of nitrogens with zero attached hydrogens (tertiary/aromatic N) is 4. The highest BCUT2D eigenvalue weighted by Crippen LogP contribution is 2.67. The van der Waals surface area contributed by atoms with E-state index < -0.39 is 5.41 Å². The maximum Gasteiger partial charge on any atom is 0.164 e. The molecular formula is C52H32N4O. The molecule has 1 spiro atoms. The topological polar surface area (TPSA) is 51.1 Å². The van der Waals surface area contributed by atoms with Crippen molar-refractivity contribution in [2.24, 2.45) is 0 Å². The first-order valence-corrected chi connectivity index (χ1v) is 19.3. The second-order valence-electron chi connectivity index (χ2n) is 14.7. The molecule has 5 nitrogen and oxygen atoms in total. The number of rotatable bonds is 4. The molecule has 5 heteroatoms. The van der Waals surface area contributed by atoms with Crippen LogP contribution in [0, 0.1) is 0 Å². The molecule has 0 bridgehead atoms. The van der Waals surface area contributed by atoms with Gasteiger partial charge >= 0.3 is 0 Å². The standard InChI is InChI=1S/C52H32N4O/c1-3-15-34(16-4-1)49-53-50(35-17-5-2-6-18-35)55-51(54-49)36-31-29-33(30-32-36)37-20-13-21-39-38-19-7-8-22-40(38)52(47(37)39)41-23-9-10-25-43(41)56-44-26-11-12-27-45(44)57-46-28-14-24-42(52)48(46)56/h1-32H/t52-/m1/s1. The number of aromatic nitrogens is 3. The summed E-state index contributed by atoms with van der Waals surface area (Å²) < 4.78 is 6.70. The summed E-state index contributed by atoms with van der Waals surface area (Å²) >= 11 is 0.